The second-order valence-corrected chi connectivity index (χ2v) is 4.86. The fourth-order valence-corrected chi connectivity index (χ4v) is 2.08. The Kier molecular flexibility index (Phi) is 4.93. The number of carbonyl (C=O) groups is 1. The molecule has 0 radical (unpaired) electrons. The zero-order valence-corrected chi connectivity index (χ0v) is 12.2. The van der Waals surface area contributed by atoms with Crippen LogP contribution in [0.5, 0.6) is 0 Å². The number of anilines is 1. The van der Waals surface area contributed by atoms with Gasteiger partial charge in [0.2, 0.25) is 0 Å². The van der Waals surface area contributed by atoms with E-state index in [2.05, 4.69) is 10.6 Å². The van der Waals surface area contributed by atoms with Gasteiger partial charge in [-0.05, 0) is 55.8 Å². The number of benzene rings is 2. The maximum absolute atomic E-state index is 13.2. The van der Waals surface area contributed by atoms with Crippen molar-refractivity contribution in [3.8, 4) is 0 Å². The standard InChI is InChI=1S/C17H19FN2O/c1-3-19-16-9-7-13(8-10-16)17(21)20-12(2)14-5-4-6-15(18)11-14/h4-12,19H,3H2,1-2H3,(H,20,21). The summed E-state index contributed by atoms with van der Waals surface area (Å²) in [5, 5.41) is 6.04. The Morgan fingerprint density at radius 2 is 1.90 bits per heavy atom. The van der Waals surface area contributed by atoms with Gasteiger partial charge < -0.3 is 10.6 Å². The van der Waals surface area contributed by atoms with Crippen molar-refractivity contribution in [3.05, 3.63) is 65.5 Å². The molecule has 0 aromatic heterocycles. The fourth-order valence-electron chi connectivity index (χ4n) is 2.08. The van der Waals surface area contributed by atoms with E-state index in [0.717, 1.165) is 17.8 Å². The summed E-state index contributed by atoms with van der Waals surface area (Å²) < 4.78 is 13.2. The molecule has 2 aromatic carbocycles. The highest BCUT2D eigenvalue weighted by molar-refractivity contribution is 5.94. The van der Waals surface area contributed by atoms with Crippen molar-refractivity contribution in [1.82, 2.24) is 5.32 Å². The summed E-state index contributed by atoms with van der Waals surface area (Å²) in [4.78, 5) is 12.2. The Labute approximate surface area is 124 Å². The molecule has 2 rings (SSSR count). The van der Waals surface area contributed by atoms with Gasteiger partial charge in [-0.15, -0.1) is 0 Å². The molecule has 0 aliphatic carbocycles. The van der Waals surface area contributed by atoms with Crippen LogP contribution < -0.4 is 10.6 Å². The van der Waals surface area contributed by atoms with Crippen molar-refractivity contribution in [2.24, 2.45) is 0 Å². The predicted octanol–water partition coefficient (Wildman–Crippen LogP) is 3.75. The molecular formula is C17H19FN2O. The molecule has 1 unspecified atom stereocenters. The van der Waals surface area contributed by atoms with E-state index in [1.165, 1.54) is 12.1 Å². The van der Waals surface area contributed by atoms with Crippen LogP contribution in [-0.2, 0) is 0 Å². The zero-order chi connectivity index (χ0) is 15.2. The Balaban J connectivity index is 2.03. The van der Waals surface area contributed by atoms with Gasteiger partial charge in [0, 0.05) is 17.8 Å². The van der Waals surface area contributed by atoms with Gasteiger partial charge in [-0.1, -0.05) is 12.1 Å². The van der Waals surface area contributed by atoms with Crippen LogP contribution in [0.1, 0.15) is 35.8 Å². The van der Waals surface area contributed by atoms with E-state index >= 15 is 0 Å². The van der Waals surface area contributed by atoms with Crippen LogP contribution in [0.25, 0.3) is 0 Å². The Hall–Kier alpha value is -2.36. The van der Waals surface area contributed by atoms with Gasteiger partial charge in [0.05, 0.1) is 6.04 Å². The average molecular weight is 286 g/mol. The number of hydrogen-bond acceptors (Lipinski definition) is 2. The van der Waals surface area contributed by atoms with Gasteiger partial charge in [-0.25, -0.2) is 4.39 Å². The van der Waals surface area contributed by atoms with E-state index in [1.807, 2.05) is 26.0 Å². The quantitative estimate of drug-likeness (QED) is 0.879. The van der Waals surface area contributed by atoms with Crippen molar-refractivity contribution in [2.45, 2.75) is 19.9 Å². The number of rotatable bonds is 5. The molecule has 0 aliphatic rings. The Morgan fingerprint density at radius 3 is 2.52 bits per heavy atom. The second kappa shape index (κ2) is 6.88. The molecule has 0 heterocycles. The molecule has 0 aliphatic heterocycles. The molecule has 110 valence electrons. The first-order valence-electron chi connectivity index (χ1n) is 7.00. The molecule has 1 atom stereocenters. The van der Waals surface area contributed by atoms with E-state index in [-0.39, 0.29) is 17.8 Å². The minimum absolute atomic E-state index is 0.171. The predicted molar refractivity (Wildman–Crippen MR) is 82.9 cm³/mol. The Morgan fingerprint density at radius 1 is 1.19 bits per heavy atom. The largest absolute Gasteiger partial charge is 0.385 e. The summed E-state index contributed by atoms with van der Waals surface area (Å²) in [6, 6.07) is 13.3. The maximum Gasteiger partial charge on any atom is 0.251 e. The van der Waals surface area contributed by atoms with Crippen LogP contribution in [0, 0.1) is 5.82 Å². The van der Waals surface area contributed by atoms with E-state index in [0.29, 0.717) is 5.56 Å². The number of hydrogen-bond donors (Lipinski definition) is 2. The lowest BCUT2D eigenvalue weighted by molar-refractivity contribution is 0.0940. The third-order valence-electron chi connectivity index (χ3n) is 3.22. The molecule has 21 heavy (non-hydrogen) atoms. The monoisotopic (exact) mass is 286 g/mol. The maximum atomic E-state index is 13.2. The van der Waals surface area contributed by atoms with E-state index in [1.54, 1.807) is 24.3 Å². The van der Waals surface area contributed by atoms with Gasteiger partial charge in [0.1, 0.15) is 5.82 Å². The number of nitrogens with one attached hydrogen (secondary N) is 2. The molecule has 0 spiro atoms. The summed E-state index contributed by atoms with van der Waals surface area (Å²) in [5.74, 6) is -0.474. The third kappa shape index (κ3) is 4.05. The minimum Gasteiger partial charge on any atom is -0.385 e. The van der Waals surface area contributed by atoms with Gasteiger partial charge in [-0.2, -0.15) is 0 Å². The molecule has 0 bridgehead atoms. The van der Waals surface area contributed by atoms with E-state index in [9.17, 15) is 9.18 Å². The first-order chi connectivity index (χ1) is 10.1. The molecule has 2 aromatic rings. The van der Waals surface area contributed by atoms with Crippen LogP contribution in [0.2, 0.25) is 0 Å². The van der Waals surface area contributed by atoms with E-state index < -0.39 is 0 Å². The molecule has 0 saturated carbocycles. The summed E-state index contributed by atoms with van der Waals surface area (Å²) >= 11 is 0. The molecule has 2 N–H and O–H groups in total. The number of carbonyl (C=O) groups excluding carboxylic acids is 1. The van der Waals surface area contributed by atoms with Gasteiger partial charge in [0.15, 0.2) is 0 Å². The first-order valence-corrected chi connectivity index (χ1v) is 7.00. The molecular weight excluding hydrogens is 267 g/mol. The van der Waals surface area contributed by atoms with Gasteiger partial charge in [0.25, 0.3) is 5.91 Å². The van der Waals surface area contributed by atoms with Crippen molar-refractivity contribution in [2.75, 3.05) is 11.9 Å². The number of amides is 1. The second-order valence-electron chi connectivity index (χ2n) is 4.86. The van der Waals surface area contributed by atoms with Crippen molar-refractivity contribution in [3.63, 3.8) is 0 Å². The average Bonchev–Trinajstić information content (AvgIpc) is 2.48. The smallest absolute Gasteiger partial charge is 0.251 e. The summed E-state index contributed by atoms with van der Waals surface area (Å²) in [7, 11) is 0. The van der Waals surface area contributed by atoms with Crippen LogP contribution >= 0.6 is 0 Å². The molecule has 4 heteroatoms. The SMILES string of the molecule is CCNc1ccc(C(=O)NC(C)c2cccc(F)c2)cc1. The highest BCUT2D eigenvalue weighted by Gasteiger charge is 2.11. The van der Waals surface area contributed by atoms with Crippen molar-refractivity contribution >= 4 is 11.6 Å². The van der Waals surface area contributed by atoms with Gasteiger partial charge >= 0.3 is 0 Å². The first kappa shape index (κ1) is 15.0. The van der Waals surface area contributed by atoms with E-state index in [4.69, 9.17) is 0 Å². The minimum atomic E-state index is -0.302. The van der Waals surface area contributed by atoms with Crippen LogP contribution in [0.4, 0.5) is 10.1 Å². The van der Waals surface area contributed by atoms with Crippen LogP contribution in [-0.4, -0.2) is 12.5 Å². The molecule has 0 fully saturated rings. The Bertz CT molecular complexity index is 610. The van der Waals surface area contributed by atoms with Gasteiger partial charge in [-0.3, -0.25) is 4.79 Å². The van der Waals surface area contributed by atoms with Crippen molar-refractivity contribution in [1.29, 1.82) is 0 Å². The zero-order valence-electron chi connectivity index (χ0n) is 12.2. The molecule has 1 amide bonds. The highest BCUT2D eigenvalue weighted by atomic mass is 19.1. The third-order valence-corrected chi connectivity index (χ3v) is 3.22. The lowest BCUT2D eigenvalue weighted by Crippen LogP contribution is -2.26. The van der Waals surface area contributed by atoms with Crippen LogP contribution in [0.3, 0.4) is 0 Å². The highest BCUT2D eigenvalue weighted by Crippen LogP contribution is 2.15. The fraction of sp³-hybridized carbons (Fsp3) is 0.235. The van der Waals surface area contributed by atoms with Crippen molar-refractivity contribution < 1.29 is 9.18 Å². The lowest BCUT2D eigenvalue weighted by Gasteiger charge is -2.14. The molecule has 3 nitrogen and oxygen atoms in total. The summed E-state index contributed by atoms with van der Waals surface area (Å²) in [6.07, 6.45) is 0. The summed E-state index contributed by atoms with van der Waals surface area (Å²) in [6.45, 7) is 4.68. The number of halogens is 1. The normalized spacial score (nSPS) is 11.8. The summed E-state index contributed by atoms with van der Waals surface area (Å²) in [5.41, 5.74) is 2.31. The van der Waals surface area contributed by atoms with Crippen LogP contribution in [0.15, 0.2) is 48.5 Å². The molecule has 0 saturated heterocycles. The lowest BCUT2D eigenvalue weighted by atomic mass is 10.1. The topological polar surface area (TPSA) is 41.1 Å².